The van der Waals surface area contributed by atoms with Crippen LogP contribution in [0.5, 0.6) is 0 Å². The highest BCUT2D eigenvalue weighted by atomic mass is 32.2. The van der Waals surface area contributed by atoms with Gasteiger partial charge >= 0.3 is 0 Å². The largest absolute Gasteiger partial charge is 0.393 e. The SMILES string of the molecule is CSC1CCCCC1NC1CCC(O)CC1. The van der Waals surface area contributed by atoms with Gasteiger partial charge in [0.2, 0.25) is 0 Å². The molecule has 2 rings (SSSR count). The van der Waals surface area contributed by atoms with E-state index in [1.165, 1.54) is 38.5 Å². The van der Waals surface area contributed by atoms with Crippen LogP contribution in [-0.4, -0.2) is 34.8 Å². The van der Waals surface area contributed by atoms with Crippen molar-refractivity contribution in [3.8, 4) is 0 Å². The van der Waals surface area contributed by atoms with E-state index in [1.54, 1.807) is 0 Å². The number of hydrogen-bond acceptors (Lipinski definition) is 3. The Kier molecular flexibility index (Phi) is 4.98. The van der Waals surface area contributed by atoms with Crippen LogP contribution in [0.15, 0.2) is 0 Å². The molecule has 2 unspecified atom stereocenters. The molecule has 0 spiro atoms. The van der Waals surface area contributed by atoms with Crippen molar-refractivity contribution in [2.24, 2.45) is 0 Å². The highest BCUT2D eigenvalue weighted by Gasteiger charge is 2.28. The fourth-order valence-electron chi connectivity index (χ4n) is 3.11. The van der Waals surface area contributed by atoms with E-state index in [2.05, 4.69) is 11.6 Å². The number of aliphatic hydroxyl groups is 1. The second kappa shape index (κ2) is 6.27. The van der Waals surface area contributed by atoms with Crippen LogP contribution < -0.4 is 5.32 Å². The quantitative estimate of drug-likeness (QED) is 0.799. The summed E-state index contributed by atoms with van der Waals surface area (Å²) in [4.78, 5) is 0. The molecule has 2 N–H and O–H groups in total. The first-order valence-corrected chi connectivity index (χ1v) is 8.05. The first-order valence-electron chi connectivity index (χ1n) is 6.76. The zero-order valence-electron chi connectivity index (χ0n) is 10.3. The van der Waals surface area contributed by atoms with E-state index in [1.807, 2.05) is 11.8 Å². The lowest BCUT2D eigenvalue weighted by Crippen LogP contribution is -2.47. The smallest absolute Gasteiger partial charge is 0.0541 e. The fourth-order valence-corrected chi connectivity index (χ4v) is 4.06. The lowest BCUT2D eigenvalue weighted by atomic mass is 9.89. The van der Waals surface area contributed by atoms with Gasteiger partial charge in [-0.05, 0) is 44.8 Å². The minimum atomic E-state index is -0.0271. The van der Waals surface area contributed by atoms with Crippen LogP contribution >= 0.6 is 11.8 Å². The molecule has 94 valence electrons. The van der Waals surface area contributed by atoms with E-state index in [-0.39, 0.29) is 6.10 Å². The molecule has 0 aromatic carbocycles. The van der Waals surface area contributed by atoms with Crippen molar-refractivity contribution in [3.63, 3.8) is 0 Å². The molecule has 3 heteroatoms. The Morgan fingerprint density at radius 2 is 1.69 bits per heavy atom. The summed E-state index contributed by atoms with van der Waals surface area (Å²) in [6.07, 6.45) is 12.1. The number of aliphatic hydroxyl groups excluding tert-OH is 1. The van der Waals surface area contributed by atoms with Crippen molar-refractivity contribution >= 4 is 11.8 Å². The van der Waals surface area contributed by atoms with Gasteiger partial charge in [-0.1, -0.05) is 12.8 Å². The summed E-state index contributed by atoms with van der Waals surface area (Å²) in [5.41, 5.74) is 0. The van der Waals surface area contributed by atoms with E-state index in [0.717, 1.165) is 24.1 Å². The monoisotopic (exact) mass is 243 g/mol. The summed E-state index contributed by atoms with van der Waals surface area (Å²) in [5.74, 6) is 0. The molecule has 0 radical (unpaired) electrons. The predicted molar refractivity (Wildman–Crippen MR) is 71.0 cm³/mol. The highest BCUT2D eigenvalue weighted by Crippen LogP contribution is 2.29. The zero-order chi connectivity index (χ0) is 11.4. The van der Waals surface area contributed by atoms with Gasteiger partial charge in [0.25, 0.3) is 0 Å². The second-order valence-corrected chi connectivity index (χ2v) is 6.41. The molecule has 2 saturated carbocycles. The molecule has 2 fully saturated rings. The molecule has 2 aliphatic rings. The fraction of sp³-hybridized carbons (Fsp3) is 1.00. The molecule has 2 aliphatic carbocycles. The molecule has 0 aromatic rings. The van der Waals surface area contributed by atoms with Crippen molar-refractivity contribution in [1.82, 2.24) is 5.32 Å². The molecule has 16 heavy (non-hydrogen) atoms. The van der Waals surface area contributed by atoms with Gasteiger partial charge in [0, 0.05) is 17.3 Å². The lowest BCUT2D eigenvalue weighted by Gasteiger charge is -2.36. The third kappa shape index (κ3) is 3.38. The van der Waals surface area contributed by atoms with Gasteiger partial charge in [-0.3, -0.25) is 0 Å². The molecule has 0 bridgehead atoms. The Labute approximate surface area is 104 Å². The molecule has 2 atom stereocenters. The van der Waals surface area contributed by atoms with E-state index >= 15 is 0 Å². The molecule has 2 nitrogen and oxygen atoms in total. The maximum Gasteiger partial charge on any atom is 0.0541 e. The number of hydrogen-bond donors (Lipinski definition) is 2. The Bertz CT molecular complexity index is 204. The van der Waals surface area contributed by atoms with Crippen molar-refractivity contribution in [2.75, 3.05) is 6.26 Å². The van der Waals surface area contributed by atoms with Crippen molar-refractivity contribution in [3.05, 3.63) is 0 Å². The predicted octanol–water partition coefficient (Wildman–Crippen LogP) is 2.55. The third-order valence-corrected chi connectivity index (χ3v) is 5.32. The number of rotatable bonds is 3. The van der Waals surface area contributed by atoms with E-state index < -0.39 is 0 Å². The van der Waals surface area contributed by atoms with Gasteiger partial charge in [0.05, 0.1) is 6.10 Å². The molecular weight excluding hydrogens is 218 g/mol. The van der Waals surface area contributed by atoms with E-state index in [0.29, 0.717) is 6.04 Å². The summed E-state index contributed by atoms with van der Waals surface area (Å²) in [7, 11) is 0. The van der Waals surface area contributed by atoms with Gasteiger partial charge in [-0.25, -0.2) is 0 Å². The molecule has 0 heterocycles. The Hall–Kier alpha value is 0.270. The number of nitrogens with one attached hydrogen (secondary N) is 1. The average molecular weight is 243 g/mol. The number of thioether (sulfide) groups is 1. The molecule has 0 aliphatic heterocycles. The Morgan fingerprint density at radius 1 is 1.00 bits per heavy atom. The summed E-state index contributed by atoms with van der Waals surface area (Å²) in [6.45, 7) is 0. The first kappa shape index (κ1) is 12.7. The van der Waals surface area contributed by atoms with Gasteiger partial charge in [-0.2, -0.15) is 11.8 Å². The van der Waals surface area contributed by atoms with Crippen molar-refractivity contribution in [1.29, 1.82) is 0 Å². The standard InChI is InChI=1S/C13H25NOS/c1-16-13-5-3-2-4-12(13)14-10-6-8-11(15)9-7-10/h10-15H,2-9H2,1H3. The Balaban J connectivity index is 1.78. The minimum Gasteiger partial charge on any atom is -0.393 e. The topological polar surface area (TPSA) is 32.3 Å². The van der Waals surface area contributed by atoms with Crippen LogP contribution in [0.1, 0.15) is 51.4 Å². The van der Waals surface area contributed by atoms with Crippen LogP contribution in [0.4, 0.5) is 0 Å². The molecule has 0 amide bonds. The lowest BCUT2D eigenvalue weighted by molar-refractivity contribution is 0.112. The summed E-state index contributed by atoms with van der Waals surface area (Å²) >= 11 is 2.03. The maximum absolute atomic E-state index is 9.50. The molecule has 0 saturated heterocycles. The van der Waals surface area contributed by atoms with Crippen molar-refractivity contribution < 1.29 is 5.11 Å². The minimum absolute atomic E-state index is 0.0271. The molecule has 0 aromatic heterocycles. The molecular formula is C13H25NOS. The van der Waals surface area contributed by atoms with Crippen LogP contribution in [0, 0.1) is 0 Å². The normalized spacial score (nSPS) is 40.9. The van der Waals surface area contributed by atoms with Crippen LogP contribution in [0.2, 0.25) is 0 Å². The summed E-state index contributed by atoms with van der Waals surface area (Å²) < 4.78 is 0. The third-order valence-electron chi connectivity index (χ3n) is 4.15. The summed E-state index contributed by atoms with van der Waals surface area (Å²) in [6, 6.07) is 1.39. The average Bonchev–Trinajstić information content (AvgIpc) is 2.33. The van der Waals surface area contributed by atoms with Crippen LogP contribution in [0.25, 0.3) is 0 Å². The van der Waals surface area contributed by atoms with Gasteiger partial charge in [-0.15, -0.1) is 0 Å². The van der Waals surface area contributed by atoms with Crippen LogP contribution in [0.3, 0.4) is 0 Å². The van der Waals surface area contributed by atoms with Gasteiger partial charge in [0.15, 0.2) is 0 Å². The summed E-state index contributed by atoms with van der Waals surface area (Å²) in [5, 5.41) is 14.2. The Morgan fingerprint density at radius 3 is 2.38 bits per heavy atom. The van der Waals surface area contributed by atoms with Crippen LogP contribution in [-0.2, 0) is 0 Å². The van der Waals surface area contributed by atoms with E-state index in [9.17, 15) is 5.11 Å². The van der Waals surface area contributed by atoms with Gasteiger partial charge in [0.1, 0.15) is 0 Å². The maximum atomic E-state index is 9.50. The zero-order valence-corrected chi connectivity index (χ0v) is 11.1. The van der Waals surface area contributed by atoms with Crippen molar-refractivity contribution in [2.45, 2.75) is 74.8 Å². The first-order chi connectivity index (χ1) is 7.79. The second-order valence-electron chi connectivity index (χ2n) is 5.34. The highest BCUT2D eigenvalue weighted by molar-refractivity contribution is 7.99. The van der Waals surface area contributed by atoms with E-state index in [4.69, 9.17) is 0 Å². The van der Waals surface area contributed by atoms with Gasteiger partial charge < -0.3 is 10.4 Å².